The lowest BCUT2D eigenvalue weighted by Crippen LogP contribution is -2.36. The van der Waals surface area contributed by atoms with Crippen molar-refractivity contribution in [3.05, 3.63) is 93.3 Å². The zero-order chi connectivity index (χ0) is 22.8. The van der Waals surface area contributed by atoms with Gasteiger partial charge in [0.1, 0.15) is 5.82 Å². The van der Waals surface area contributed by atoms with Crippen molar-refractivity contribution in [2.24, 2.45) is 0 Å². The highest BCUT2D eigenvalue weighted by molar-refractivity contribution is 6.06. The molecule has 1 saturated heterocycles. The van der Waals surface area contributed by atoms with Gasteiger partial charge in [0.05, 0.1) is 41.7 Å². The van der Waals surface area contributed by atoms with Gasteiger partial charge in [0, 0.05) is 18.7 Å². The van der Waals surface area contributed by atoms with E-state index in [0.29, 0.717) is 41.1 Å². The van der Waals surface area contributed by atoms with Crippen LogP contribution >= 0.6 is 0 Å². The van der Waals surface area contributed by atoms with Gasteiger partial charge < -0.3 is 19.9 Å². The Hall–Kier alpha value is -4.24. The van der Waals surface area contributed by atoms with Crippen molar-refractivity contribution in [2.75, 3.05) is 36.5 Å². The minimum Gasteiger partial charge on any atom is -0.378 e. The SMILES string of the molecule is O=C(Nc1ccc(N2CCOCC2)nc1)c1ccc2c(=O)n(-c3ccccc3)c(=O)[nH]c2c1. The van der Waals surface area contributed by atoms with E-state index in [2.05, 4.69) is 20.2 Å². The molecule has 9 nitrogen and oxygen atoms in total. The number of nitrogens with zero attached hydrogens (tertiary/aromatic N) is 3. The van der Waals surface area contributed by atoms with E-state index < -0.39 is 11.2 Å². The average molecular weight is 443 g/mol. The molecule has 9 heteroatoms. The van der Waals surface area contributed by atoms with Gasteiger partial charge in [-0.25, -0.2) is 14.3 Å². The fourth-order valence-electron chi connectivity index (χ4n) is 3.81. The zero-order valence-electron chi connectivity index (χ0n) is 17.7. The van der Waals surface area contributed by atoms with Gasteiger partial charge in [-0.15, -0.1) is 0 Å². The summed E-state index contributed by atoms with van der Waals surface area (Å²) in [5, 5.41) is 3.11. The number of H-pyrrole nitrogens is 1. The predicted molar refractivity (Wildman–Crippen MR) is 125 cm³/mol. The lowest BCUT2D eigenvalue weighted by molar-refractivity contribution is 0.102. The number of ether oxygens (including phenoxy) is 1. The minimum atomic E-state index is -0.570. The number of hydrogen-bond donors (Lipinski definition) is 2. The highest BCUT2D eigenvalue weighted by Gasteiger charge is 2.14. The Morgan fingerprint density at radius 1 is 1.00 bits per heavy atom. The molecule has 1 aliphatic rings. The Kier molecular flexibility index (Phi) is 5.45. The topological polar surface area (TPSA) is 109 Å². The van der Waals surface area contributed by atoms with Crippen molar-refractivity contribution in [3.63, 3.8) is 0 Å². The quantitative estimate of drug-likeness (QED) is 0.500. The molecule has 2 N–H and O–H groups in total. The molecule has 33 heavy (non-hydrogen) atoms. The van der Waals surface area contributed by atoms with Crippen molar-refractivity contribution in [1.82, 2.24) is 14.5 Å². The number of benzene rings is 2. The Morgan fingerprint density at radius 3 is 2.52 bits per heavy atom. The van der Waals surface area contributed by atoms with Crippen LogP contribution in [0.3, 0.4) is 0 Å². The Morgan fingerprint density at radius 2 is 1.79 bits per heavy atom. The van der Waals surface area contributed by atoms with Crippen molar-refractivity contribution < 1.29 is 9.53 Å². The number of nitrogens with one attached hydrogen (secondary N) is 2. The number of rotatable bonds is 4. The number of hydrogen-bond acceptors (Lipinski definition) is 6. The van der Waals surface area contributed by atoms with E-state index in [9.17, 15) is 14.4 Å². The molecular formula is C24H21N5O4. The second kappa shape index (κ2) is 8.71. The van der Waals surface area contributed by atoms with E-state index in [1.807, 2.05) is 6.07 Å². The number of pyridine rings is 1. The number of aromatic amines is 1. The van der Waals surface area contributed by atoms with Crippen LogP contribution in [0.4, 0.5) is 11.5 Å². The highest BCUT2D eigenvalue weighted by Crippen LogP contribution is 2.17. The van der Waals surface area contributed by atoms with Gasteiger partial charge in [-0.05, 0) is 42.5 Å². The van der Waals surface area contributed by atoms with E-state index >= 15 is 0 Å². The van der Waals surface area contributed by atoms with Gasteiger partial charge >= 0.3 is 5.69 Å². The Balaban J connectivity index is 1.39. The number of para-hydroxylation sites is 1. The monoisotopic (exact) mass is 443 g/mol. The van der Waals surface area contributed by atoms with E-state index in [1.165, 1.54) is 6.07 Å². The average Bonchev–Trinajstić information content (AvgIpc) is 2.85. The summed E-state index contributed by atoms with van der Waals surface area (Å²) >= 11 is 0. The summed E-state index contributed by atoms with van der Waals surface area (Å²) in [6.07, 6.45) is 1.60. The summed E-state index contributed by atoms with van der Waals surface area (Å²) in [5.74, 6) is 0.459. The molecule has 5 rings (SSSR count). The molecule has 1 aliphatic heterocycles. The Bertz CT molecular complexity index is 1420. The molecule has 2 aromatic carbocycles. The molecule has 0 bridgehead atoms. The van der Waals surface area contributed by atoms with Crippen molar-refractivity contribution in [2.45, 2.75) is 0 Å². The summed E-state index contributed by atoms with van der Waals surface area (Å²) in [6, 6.07) is 16.9. The smallest absolute Gasteiger partial charge is 0.333 e. The third kappa shape index (κ3) is 4.13. The molecule has 3 heterocycles. The highest BCUT2D eigenvalue weighted by atomic mass is 16.5. The molecule has 0 saturated carbocycles. The molecule has 4 aromatic rings. The van der Waals surface area contributed by atoms with Gasteiger partial charge in [0.2, 0.25) is 0 Å². The summed E-state index contributed by atoms with van der Waals surface area (Å²) < 4.78 is 6.42. The number of aromatic nitrogens is 3. The third-order valence-corrected chi connectivity index (χ3v) is 5.52. The maximum absolute atomic E-state index is 12.9. The van der Waals surface area contributed by atoms with Gasteiger partial charge in [-0.3, -0.25) is 9.59 Å². The molecule has 0 aliphatic carbocycles. The van der Waals surface area contributed by atoms with Gasteiger partial charge in [0.25, 0.3) is 11.5 Å². The van der Waals surface area contributed by atoms with Crippen LogP contribution in [0, 0.1) is 0 Å². The predicted octanol–water partition coefficient (Wildman–Crippen LogP) is 2.16. The van der Waals surface area contributed by atoms with Crippen LogP contribution in [0.1, 0.15) is 10.4 Å². The van der Waals surface area contributed by atoms with Crippen LogP contribution in [0.25, 0.3) is 16.6 Å². The van der Waals surface area contributed by atoms with E-state index in [1.54, 1.807) is 54.7 Å². The molecule has 2 aromatic heterocycles. The van der Waals surface area contributed by atoms with Crippen molar-refractivity contribution in [1.29, 1.82) is 0 Å². The molecule has 0 unspecified atom stereocenters. The first-order valence-corrected chi connectivity index (χ1v) is 10.5. The number of anilines is 2. The van der Waals surface area contributed by atoms with E-state index in [-0.39, 0.29) is 5.91 Å². The first-order valence-electron chi connectivity index (χ1n) is 10.5. The van der Waals surface area contributed by atoms with Gasteiger partial charge in [0.15, 0.2) is 0 Å². The zero-order valence-corrected chi connectivity index (χ0v) is 17.7. The number of morpholine rings is 1. The second-order valence-electron chi connectivity index (χ2n) is 7.63. The van der Waals surface area contributed by atoms with Crippen LogP contribution in [0.2, 0.25) is 0 Å². The fraction of sp³-hybridized carbons (Fsp3) is 0.167. The third-order valence-electron chi connectivity index (χ3n) is 5.52. The number of fused-ring (bicyclic) bond motifs is 1. The van der Waals surface area contributed by atoms with Crippen LogP contribution in [-0.2, 0) is 4.74 Å². The molecule has 1 fully saturated rings. The fourth-order valence-corrected chi connectivity index (χ4v) is 3.81. The standard InChI is InChI=1S/C24H21N5O4/c30-22(26-17-7-9-21(25-15-17)28-10-12-33-13-11-28)16-6-8-19-20(14-16)27-24(32)29(23(19)31)18-4-2-1-3-5-18/h1-9,14-15H,10-13H2,(H,26,30)(H,27,32). The summed E-state index contributed by atoms with van der Waals surface area (Å²) in [6.45, 7) is 2.89. The first kappa shape index (κ1) is 20.7. The van der Waals surface area contributed by atoms with Crippen LogP contribution in [0.5, 0.6) is 0 Å². The lowest BCUT2D eigenvalue weighted by Gasteiger charge is -2.27. The van der Waals surface area contributed by atoms with Crippen LogP contribution in [-0.4, -0.2) is 46.7 Å². The maximum atomic E-state index is 12.9. The van der Waals surface area contributed by atoms with Crippen molar-refractivity contribution in [3.8, 4) is 5.69 Å². The van der Waals surface area contributed by atoms with Crippen molar-refractivity contribution >= 4 is 28.3 Å². The van der Waals surface area contributed by atoms with Gasteiger partial charge in [-0.1, -0.05) is 18.2 Å². The van der Waals surface area contributed by atoms with Gasteiger partial charge in [-0.2, -0.15) is 0 Å². The van der Waals surface area contributed by atoms with Crippen LogP contribution < -0.4 is 21.5 Å². The largest absolute Gasteiger partial charge is 0.378 e. The van der Waals surface area contributed by atoms with E-state index in [4.69, 9.17) is 4.74 Å². The normalized spacial score (nSPS) is 13.8. The number of carbonyl (C=O) groups excluding carboxylic acids is 1. The second-order valence-corrected chi connectivity index (χ2v) is 7.63. The maximum Gasteiger partial charge on any atom is 0.333 e. The lowest BCUT2D eigenvalue weighted by atomic mass is 10.1. The van der Waals surface area contributed by atoms with E-state index in [0.717, 1.165) is 23.5 Å². The molecular weight excluding hydrogens is 422 g/mol. The summed E-state index contributed by atoms with van der Waals surface area (Å²) in [7, 11) is 0. The minimum absolute atomic E-state index is 0.297. The van der Waals surface area contributed by atoms with Crippen LogP contribution in [0.15, 0.2) is 76.4 Å². The summed E-state index contributed by atoms with van der Waals surface area (Å²) in [5.41, 5.74) is 0.609. The molecule has 1 amide bonds. The number of carbonyl (C=O) groups is 1. The summed E-state index contributed by atoms with van der Waals surface area (Å²) in [4.78, 5) is 47.5. The molecule has 0 atom stereocenters. The first-order chi connectivity index (χ1) is 16.1. The number of amides is 1. The Labute approximate surface area is 188 Å². The molecule has 166 valence electrons. The molecule has 0 spiro atoms. The molecule has 0 radical (unpaired) electrons.